The highest BCUT2D eigenvalue weighted by atomic mass is 16.5. The minimum atomic E-state index is -0.685. The Morgan fingerprint density at radius 2 is 1.21 bits per heavy atom. The van der Waals surface area contributed by atoms with Gasteiger partial charge in [0.15, 0.2) is 0 Å². The number of nitrogens with zero attached hydrogens (tertiary/aromatic N) is 1. The van der Waals surface area contributed by atoms with Crippen LogP contribution in [0.3, 0.4) is 0 Å². The molecule has 196 valence electrons. The molecule has 0 fully saturated rings. The summed E-state index contributed by atoms with van der Waals surface area (Å²) in [7, 11) is 3.59. The molecule has 0 saturated carbocycles. The Morgan fingerprint density at radius 3 is 1.65 bits per heavy atom. The van der Waals surface area contributed by atoms with Crippen molar-refractivity contribution >= 4 is 5.97 Å². The summed E-state index contributed by atoms with van der Waals surface area (Å²) in [5, 5.41) is 0. The minimum absolute atomic E-state index is 0.0746. The van der Waals surface area contributed by atoms with Crippen LogP contribution in [-0.2, 0) is 16.0 Å². The molecular weight excluding hydrogens is 418 g/mol. The van der Waals surface area contributed by atoms with Gasteiger partial charge in [-0.1, -0.05) is 127 Å². The molecule has 0 aliphatic carbocycles. The summed E-state index contributed by atoms with van der Waals surface area (Å²) in [6, 6.07) is 10.3. The van der Waals surface area contributed by atoms with Gasteiger partial charge in [0.25, 0.3) is 0 Å². The van der Waals surface area contributed by atoms with Gasteiger partial charge < -0.3 is 4.74 Å². The first-order valence-electron chi connectivity index (χ1n) is 14.1. The van der Waals surface area contributed by atoms with E-state index in [1.165, 1.54) is 97.0 Å². The minimum Gasteiger partial charge on any atom is -0.468 e. The molecule has 0 aromatic heterocycles. The monoisotopic (exact) mass is 473 g/mol. The molecule has 0 heterocycles. The first-order valence-corrected chi connectivity index (χ1v) is 14.1. The first-order chi connectivity index (χ1) is 16.3. The van der Waals surface area contributed by atoms with E-state index in [0.29, 0.717) is 6.42 Å². The molecule has 0 bridgehead atoms. The van der Waals surface area contributed by atoms with E-state index in [2.05, 4.69) is 44.9 Å². The second-order valence-corrected chi connectivity index (χ2v) is 11.1. The van der Waals surface area contributed by atoms with Crippen LogP contribution in [0.5, 0.6) is 0 Å². The van der Waals surface area contributed by atoms with Gasteiger partial charge in [0.2, 0.25) is 0 Å². The summed E-state index contributed by atoms with van der Waals surface area (Å²) in [4.78, 5) is 15.1. The predicted octanol–water partition coefficient (Wildman–Crippen LogP) is 8.74. The van der Waals surface area contributed by atoms with Crippen molar-refractivity contribution < 1.29 is 9.53 Å². The summed E-state index contributed by atoms with van der Waals surface area (Å²) >= 11 is 0. The Labute approximate surface area is 212 Å². The van der Waals surface area contributed by atoms with Crippen LogP contribution in [0, 0.1) is 0 Å². The average Bonchev–Trinajstić information content (AvgIpc) is 2.83. The molecule has 0 spiro atoms. The van der Waals surface area contributed by atoms with Crippen molar-refractivity contribution in [2.75, 3.05) is 14.2 Å². The third-order valence-corrected chi connectivity index (χ3v) is 7.81. The topological polar surface area (TPSA) is 29.5 Å². The molecule has 0 aliphatic rings. The second kappa shape index (κ2) is 17.1. The molecule has 0 saturated heterocycles. The zero-order valence-electron chi connectivity index (χ0n) is 23.5. The van der Waals surface area contributed by atoms with E-state index in [9.17, 15) is 4.79 Å². The van der Waals surface area contributed by atoms with E-state index >= 15 is 0 Å². The van der Waals surface area contributed by atoms with E-state index in [-0.39, 0.29) is 11.5 Å². The fourth-order valence-electron chi connectivity index (χ4n) is 5.13. The highest BCUT2D eigenvalue weighted by Gasteiger charge is 2.44. The lowest BCUT2D eigenvalue weighted by Gasteiger charge is -2.46. The van der Waals surface area contributed by atoms with Gasteiger partial charge in [-0.15, -0.1) is 0 Å². The third kappa shape index (κ3) is 11.4. The molecule has 1 atom stereocenters. The fraction of sp³-hybridized carbons (Fsp3) is 0.774. The number of likely N-dealkylation sites (N-methyl/N-ethyl adjacent to an activating group) is 1. The van der Waals surface area contributed by atoms with E-state index in [1.54, 1.807) is 0 Å². The number of rotatable bonds is 20. The Hall–Kier alpha value is -1.35. The van der Waals surface area contributed by atoms with Crippen molar-refractivity contribution in [2.45, 2.75) is 142 Å². The highest BCUT2D eigenvalue weighted by molar-refractivity contribution is 5.80. The smallest absolute Gasteiger partial charge is 0.326 e. The van der Waals surface area contributed by atoms with E-state index < -0.39 is 5.54 Å². The second-order valence-electron chi connectivity index (χ2n) is 11.1. The molecule has 0 aliphatic heterocycles. The Bertz CT molecular complexity index is 642. The molecule has 0 N–H and O–H groups in total. The van der Waals surface area contributed by atoms with E-state index in [1.807, 2.05) is 25.1 Å². The fourth-order valence-corrected chi connectivity index (χ4v) is 5.13. The number of esters is 1. The molecule has 3 nitrogen and oxygen atoms in total. The largest absolute Gasteiger partial charge is 0.468 e. The maximum absolute atomic E-state index is 12.9. The number of benzene rings is 1. The van der Waals surface area contributed by atoms with Gasteiger partial charge in [0.1, 0.15) is 5.54 Å². The Kier molecular flexibility index (Phi) is 15.5. The quantitative estimate of drug-likeness (QED) is 0.140. The molecule has 1 aromatic carbocycles. The van der Waals surface area contributed by atoms with Crippen LogP contribution < -0.4 is 0 Å². The van der Waals surface area contributed by atoms with Crippen LogP contribution in [0.2, 0.25) is 0 Å². The molecule has 3 heteroatoms. The summed E-state index contributed by atoms with van der Waals surface area (Å²) in [6.07, 6.45) is 21.0. The Balaban J connectivity index is 2.30. The van der Waals surface area contributed by atoms with E-state index in [4.69, 9.17) is 4.74 Å². The number of carbonyl (C=O) groups is 1. The summed E-state index contributed by atoms with van der Waals surface area (Å²) < 4.78 is 5.25. The standard InChI is InChI=1S/C31H55NO2/c1-7-8-9-10-11-12-13-14-15-16-17-18-19-23-26-30(2,3)32(5)31(4,29(33)34-6)27-28-24-21-20-22-25-28/h20-22,24-25H,7-19,23,26-27H2,1-6H3. The number of carbonyl (C=O) groups excluding carboxylic acids is 1. The molecular formula is C31H55NO2. The number of ether oxygens (including phenoxy) is 1. The Morgan fingerprint density at radius 1 is 0.765 bits per heavy atom. The molecule has 1 aromatic rings. The first kappa shape index (κ1) is 30.7. The molecule has 0 amide bonds. The van der Waals surface area contributed by atoms with Crippen LogP contribution in [0.25, 0.3) is 0 Å². The van der Waals surface area contributed by atoms with Crippen molar-refractivity contribution in [3.63, 3.8) is 0 Å². The van der Waals surface area contributed by atoms with Crippen LogP contribution in [-0.4, -0.2) is 36.1 Å². The van der Waals surface area contributed by atoms with Crippen LogP contribution >= 0.6 is 0 Å². The SMILES string of the molecule is CCCCCCCCCCCCCCCCC(C)(C)N(C)C(C)(Cc1ccccc1)C(=O)OC. The van der Waals surface area contributed by atoms with Gasteiger partial charge in [0, 0.05) is 12.0 Å². The van der Waals surface area contributed by atoms with Gasteiger partial charge in [-0.2, -0.15) is 0 Å². The lowest BCUT2D eigenvalue weighted by atomic mass is 9.84. The number of hydrogen-bond acceptors (Lipinski definition) is 3. The third-order valence-electron chi connectivity index (χ3n) is 7.81. The normalized spacial score (nSPS) is 13.7. The molecule has 0 radical (unpaired) electrons. The van der Waals surface area contributed by atoms with Crippen molar-refractivity contribution in [1.29, 1.82) is 0 Å². The van der Waals surface area contributed by atoms with Crippen LogP contribution in [0.4, 0.5) is 0 Å². The van der Waals surface area contributed by atoms with Crippen molar-refractivity contribution in [2.24, 2.45) is 0 Å². The molecule has 1 rings (SSSR count). The van der Waals surface area contributed by atoms with Crippen molar-refractivity contribution in [3.8, 4) is 0 Å². The lowest BCUT2D eigenvalue weighted by molar-refractivity contribution is -0.157. The maximum atomic E-state index is 12.9. The predicted molar refractivity (Wildman–Crippen MR) is 147 cm³/mol. The van der Waals surface area contributed by atoms with Gasteiger partial charge in [-0.25, -0.2) is 0 Å². The molecule has 34 heavy (non-hydrogen) atoms. The van der Waals surface area contributed by atoms with Crippen molar-refractivity contribution in [1.82, 2.24) is 4.90 Å². The van der Waals surface area contributed by atoms with E-state index in [0.717, 1.165) is 12.0 Å². The number of unbranched alkanes of at least 4 members (excludes halogenated alkanes) is 13. The van der Waals surface area contributed by atoms with Gasteiger partial charge in [-0.05, 0) is 39.8 Å². The van der Waals surface area contributed by atoms with Crippen LogP contribution in [0.1, 0.15) is 130 Å². The zero-order valence-corrected chi connectivity index (χ0v) is 23.5. The summed E-state index contributed by atoms with van der Waals surface area (Å²) in [5.74, 6) is -0.159. The average molecular weight is 474 g/mol. The van der Waals surface area contributed by atoms with Crippen LogP contribution in [0.15, 0.2) is 30.3 Å². The summed E-state index contributed by atoms with van der Waals surface area (Å²) in [6.45, 7) is 8.84. The van der Waals surface area contributed by atoms with Gasteiger partial charge in [-0.3, -0.25) is 9.69 Å². The van der Waals surface area contributed by atoms with Crippen molar-refractivity contribution in [3.05, 3.63) is 35.9 Å². The lowest BCUT2D eigenvalue weighted by Crippen LogP contribution is -2.60. The number of hydrogen-bond donors (Lipinski definition) is 0. The number of methoxy groups -OCH3 is 1. The zero-order chi connectivity index (χ0) is 25.3. The van der Waals surface area contributed by atoms with Gasteiger partial charge >= 0.3 is 5.97 Å². The van der Waals surface area contributed by atoms with Gasteiger partial charge in [0.05, 0.1) is 7.11 Å². The maximum Gasteiger partial charge on any atom is 0.326 e. The summed E-state index contributed by atoms with van der Waals surface area (Å²) in [5.41, 5.74) is 0.402. The molecule has 1 unspecified atom stereocenters. The highest BCUT2D eigenvalue weighted by Crippen LogP contribution is 2.32.